The molecular weight excluding hydrogens is 234 g/mol. The standard InChI is InChI=1S/C16H23N3/c1-5-7-8-9-10-14(3)13-19-16(17-11-6-2)12-15(4)18-19/h5,9-13H,1,6-8H2,2-4H3/b10-9+,14-13+,17-11+. The number of hydrogen-bond donors (Lipinski definition) is 0. The van der Waals surface area contributed by atoms with Crippen LogP contribution in [0.1, 0.15) is 38.8 Å². The molecule has 0 unspecified atom stereocenters. The molecule has 102 valence electrons. The Morgan fingerprint density at radius 2 is 2.26 bits per heavy atom. The van der Waals surface area contributed by atoms with Gasteiger partial charge in [0.1, 0.15) is 0 Å². The van der Waals surface area contributed by atoms with Crippen molar-refractivity contribution in [2.75, 3.05) is 0 Å². The second-order valence-corrected chi connectivity index (χ2v) is 4.45. The number of rotatable bonds is 7. The summed E-state index contributed by atoms with van der Waals surface area (Å²) >= 11 is 0. The van der Waals surface area contributed by atoms with E-state index in [4.69, 9.17) is 0 Å². The molecule has 3 nitrogen and oxygen atoms in total. The molecule has 0 aliphatic heterocycles. The van der Waals surface area contributed by atoms with Crippen molar-refractivity contribution in [1.29, 1.82) is 0 Å². The van der Waals surface area contributed by atoms with Crippen LogP contribution in [0.4, 0.5) is 5.82 Å². The third-order valence-corrected chi connectivity index (χ3v) is 2.49. The SMILES string of the molecule is C=CCC/C=C/C(C)=C/n1nc(C)cc1/N=C/CC. The van der Waals surface area contributed by atoms with Gasteiger partial charge in [0, 0.05) is 18.5 Å². The lowest BCUT2D eigenvalue weighted by atomic mass is 10.2. The Balaban J connectivity index is 2.81. The first-order valence-electron chi connectivity index (χ1n) is 6.72. The first-order valence-corrected chi connectivity index (χ1v) is 6.72. The Morgan fingerprint density at radius 3 is 2.95 bits per heavy atom. The fourth-order valence-corrected chi connectivity index (χ4v) is 1.60. The summed E-state index contributed by atoms with van der Waals surface area (Å²) < 4.78 is 1.83. The lowest BCUT2D eigenvalue weighted by Crippen LogP contribution is -1.90. The predicted octanol–water partition coefficient (Wildman–Crippen LogP) is 4.69. The van der Waals surface area contributed by atoms with E-state index in [0.717, 1.165) is 36.3 Å². The molecule has 0 bridgehead atoms. The zero-order valence-electron chi connectivity index (χ0n) is 12.1. The van der Waals surface area contributed by atoms with Crippen LogP contribution in [0, 0.1) is 6.92 Å². The summed E-state index contributed by atoms with van der Waals surface area (Å²) in [6, 6.07) is 1.98. The maximum absolute atomic E-state index is 4.42. The van der Waals surface area contributed by atoms with Gasteiger partial charge in [-0.25, -0.2) is 9.67 Å². The van der Waals surface area contributed by atoms with Crippen molar-refractivity contribution in [2.24, 2.45) is 4.99 Å². The zero-order valence-corrected chi connectivity index (χ0v) is 12.1. The van der Waals surface area contributed by atoms with Gasteiger partial charge in [-0.2, -0.15) is 5.10 Å². The number of aromatic nitrogens is 2. The minimum absolute atomic E-state index is 0.873. The van der Waals surface area contributed by atoms with E-state index in [-0.39, 0.29) is 0 Å². The highest BCUT2D eigenvalue weighted by molar-refractivity contribution is 5.62. The molecule has 1 aromatic rings. The average molecular weight is 257 g/mol. The zero-order chi connectivity index (χ0) is 14.1. The molecule has 0 N–H and O–H groups in total. The van der Waals surface area contributed by atoms with Crippen molar-refractivity contribution in [3.05, 3.63) is 42.1 Å². The molecule has 0 atom stereocenters. The van der Waals surface area contributed by atoms with Gasteiger partial charge >= 0.3 is 0 Å². The molecule has 1 aromatic heterocycles. The van der Waals surface area contributed by atoms with E-state index in [2.05, 4.69) is 42.7 Å². The van der Waals surface area contributed by atoms with Crippen LogP contribution in [0.25, 0.3) is 6.20 Å². The molecule has 0 aromatic carbocycles. The minimum Gasteiger partial charge on any atom is -0.242 e. The van der Waals surface area contributed by atoms with Gasteiger partial charge in [0.2, 0.25) is 0 Å². The number of unbranched alkanes of at least 4 members (excludes halogenated alkanes) is 1. The van der Waals surface area contributed by atoms with E-state index in [9.17, 15) is 0 Å². The van der Waals surface area contributed by atoms with Crippen LogP contribution in [0.5, 0.6) is 0 Å². The highest BCUT2D eigenvalue weighted by atomic mass is 15.3. The van der Waals surface area contributed by atoms with Gasteiger partial charge in [-0.15, -0.1) is 6.58 Å². The summed E-state index contributed by atoms with van der Waals surface area (Å²) in [6.45, 7) is 9.82. The summed E-state index contributed by atoms with van der Waals surface area (Å²) in [7, 11) is 0. The highest BCUT2D eigenvalue weighted by Crippen LogP contribution is 2.15. The molecule has 1 rings (SSSR count). The fraction of sp³-hybridized carbons (Fsp3) is 0.375. The third kappa shape index (κ3) is 5.51. The Kier molecular flexibility index (Phi) is 6.58. The summed E-state index contributed by atoms with van der Waals surface area (Å²) in [5.74, 6) is 0.873. The minimum atomic E-state index is 0.873. The second-order valence-electron chi connectivity index (χ2n) is 4.45. The normalized spacial score (nSPS) is 12.7. The van der Waals surface area contributed by atoms with Gasteiger partial charge < -0.3 is 0 Å². The van der Waals surface area contributed by atoms with Crippen LogP contribution in [-0.4, -0.2) is 16.0 Å². The van der Waals surface area contributed by atoms with Crippen LogP contribution in [0.3, 0.4) is 0 Å². The smallest absolute Gasteiger partial charge is 0.154 e. The first kappa shape index (κ1) is 15.2. The van der Waals surface area contributed by atoms with Crippen molar-refractivity contribution in [2.45, 2.75) is 40.0 Å². The molecule has 0 saturated heterocycles. The Morgan fingerprint density at radius 1 is 1.47 bits per heavy atom. The van der Waals surface area contributed by atoms with Crippen LogP contribution in [0.2, 0.25) is 0 Å². The van der Waals surface area contributed by atoms with Gasteiger partial charge in [-0.3, -0.25) is 0 Å². The van der Waals surface area contributed by atoms with Gasteiger partial charge in [-0.05, 0) is 38.7 Å². The monoisotopic (exact) mass is 257 g/mol. The van der Waals surface area contributed by atoms with Crippen molar-refractivity contribution in [1.82, 2.24) is 9.78 Å². The topological polar surface area (TPSA) is 30.2 Å². The van der Waals surface area contributed by atoms with E-state index in [1.807, 2.05) is 36.2 Å². The maximum atomic E-state index is 4.42. The second kappa shape index (κ2) is 8.25. The predicted molar refractivity (Wildman–Crippen MR) is 83.9 cm³/mol. The number of aliphatic imine (C=N–C) groups is 1. The molecule has 0 saturated carbocycles. The van der Waals surface area contributed by atoms with Crippen LogP contribution < -0.4 is 0 Å². The van der Waals surface area contributed by atoms with E-state index >= 15 is 0 Å². The Bertz CT molecular complexity index is 490. The average Bonchev–Trinajstić information content (AvgIpc) is 2.72. The van der Waals surface area contributed by atoms with Crippen LogP contribution >= 0.6 is 0 Å². The summed E-state index contributed by atoms with van der Waals surface area (Å²) in [6.07, 6.45) is 13.0. The number of hydrogen-bond acceptors (Lipinski definition) is 2. The number of allylic oxidation sites excluding steroid dienone is 4. The van der Waals surface area contributed by atoms with Gasteiger partial charge in [0.05, 0.1) is 5.69 Å². The molecule has 0 aliphatic carbocycles. The molecule has 3 heteroatoms. The largest absolute Gasteiger partial charge is 0.242 e. The summed E-state index contributed by atoms with van der Waals surface area (Å²) in [4.78, 5) is 4.40. The molecular formula is C16H23N3. The molecule has 0 aliphatic rings. The highest BCUT2D eigenvalue weighted by Gasteiger charge is 2.00. The van der Waals surface area contributed by atoms with Crippen LogP contribution in [0.15, 0.2) is 41.4 Å². The molecule has 0 amide bonds. The maximum Gasteiger partial charge on any atom is 0.154 e. The van der Waals surface area contributed by atoms with Crippen LogP contribution in [-0.2, 0) is 0 Å². The van der Waals surface area contributed by atoms with Gasteiger partial charge in [0.25, 0.3) is 0 Å². The number of nitrogens with zero attached hydrogens (tertiary/aromatic N) is 3. The molecule has 0 fully saturated rings. The first-order chi connectivity index (χ1) is 9.17. The van der Waals surface area contributed by atoms with Gasteiger partial charge in [0.15, 0.2) is 5.82 Å². The van der Waals surface area contributed by atoms with Crippen molar-refractivity contribution in [3.8, 4) is 0 Å². The fourth-order valence-electron chi connectivity index (χ4n) is 1.60. The third-order valence-electron chi connectivity index (χ3n) is 2.49. The lowest BCUT2D eigenvalue weighted by Gasteiger charge is -1.98. The molecule has 1 heterocycles. The number of aryl methyl sites for hydroxylation is 1. The summed E-state index contributed by atoms with van der Waals surface area (Å²) in [5, 5.41) is 4.42. The molecule has 19 heavy (non-hydrogen) atoms. The Hall–Kier alpha value is -1.90. The van der Waals surface area contributed by atoms with E-state index in [1.54, 1.807) is 0 Å². The molecule has 0 spiro atoms. The van der Waals surface area contributed by atoms with E-state index in [0.29, 0.717) is 0 Å². The van der Waals surface area contributed by atoms with E-state index in [1.165, 1.54) is 0 Å². The van der Waals surface area contributed by atoms with Gasteiger partial charge in [-0.1, -0.05) is 25.2 Å². The van der Waals surface area contributed by atoms with Crippen molar-refractivity contribution in [3.63, 3.8) is 0 Å². The summed E-state index contributed by atoms with van der Waals surface area (Å²) in [5.41, 5.74) is 2.13. The van der Waals surface area contributed by atoms with Crippen molar-refractivity contribution < 1.29 is 0 Å². The quantitative estimate of drug-likeness (QED) is 0.302. The van der Waals surface area contributed by atoms with Crippen molar-refractivity contribution >= 4 is 18.2 Å². The molecule has 0 radical (unpaired) electrons. The lowest BCUT2D eigenvalue weighted by molar-refractivity contribution is 0.906. The Labute approximate surface area is 116 Å². The van der Waals surface area contributed by atoms with E-state index < -0.39 is 0 Å².